The highest BCUT2D eigenvalue weighted by Gasteiger charge is 2.11. The van der Waals surface area contributed by atoms with Crippen LogP contribution in [-0.4, -0.2) is 30.2 Å². The van der Waals surface area contributed by atoms with Gasteiger partial charge >= 0.3 is 5.97 Å². The molecule has 2 aromatic heterocycles. The van der Waals surface area contributed by atoms with Crippen molar-refractivity contribution in [3.8, 4) is 22.1 Å². The number of carbonyl (C=O) groups is 1. The molecule has 0 amide bonds. The predicted molar refractivity (Wildman–Crippen MR) is 122 cm³/mol. The fourth-order valence-corrected chi connectivity index (χ4v) is 4.26. The Labute approximate surface area is 184 Å². The highest BCUT2D eigenvalue weighted by atomic mass is 32.1. The minimum atomic E-state index is -0.208. The molecule has 0 spiro atoms. The number of aromatic nitrogens is 2. The molecule has 4 aromatic rings. The lowest BCUT2D eigenvalue weighted by molar-refractivity contribution is -0.145. The summed E-state index contributed by atoms with van der Waals surface area (Å²) in [6, 6.07) is 13.9. The summed E-state index contributed by atoms with van der Waals surface area (Å²) in [6.07, 6.45) is 3.97. The Kier molecular flexibility index (Phi) is 6.52. The first-order valence-corrected chi connectivity index (χ1v) is 10.9. The molecule has 2 heterocycles. The molecule has 2 aromatic carbocycles. The van der Waals surface area contributed by atoms with Crippen LogP contribution < -0.4 is 9.47 Å². The molecule has 31 heavy (non-hydrogen) atoms. The minimum absolute atomic E-state index is 0.176. The van der Waals surface area contributed by atoms with E-state index < -0.39 is 0 Å². The summed E-state index contributed by atoms with van der Waals surface area (Å²) in [6.45, 7) is 0.176. The lowest BCUT2D eigenvalue weighted by Crippen LogP contribution is -2.05. The second-order valence-corrected chi connectivity index (χ2v) is 7.95. The van der Waals surface area contributed by atoms with Crippen molar-refractivity contribution in [2.75, 3.05) is 14.2 Å². The maximum absolute atomic E-state index is 12.2. The largest absolute Gasteiger partial charge is 0.493 e. The number of rotatable bonds is 9. The third kappa shape index (κ3) is 4.88. The Bertz CT molecular complexity index is 1180. The molecule has 0 saturated heterocycles. The molecule has 0 saturated carbocycles. The van der Waals surface area contributed by atoms with Crippen molar-refractivity contribution >= 4 is 28.2 Å². The summed E-state index contributed by atoms with van der Waals surface area (Å²) in [5.74, 6) is 1.11. The quantitative estimate of drug-likeness (QED) is 0.357. The van der Waals surface area contributed by atoms with Crippen LogP contribution in [0.15, 0.2) is 54.0 Å². The third-order valence-electron chi connectivity index (χ3n) is 5.07. The first kappa shape index (κ1) is 20.9. The molecule has 6 nitrogen and oxygen atoms in total. The second-order valence-electron chi connectivity index (χ2n) is 7.09. The van der Waals surface area contributed by atoms with Gasteiger partial charge in [-0.15, -0.1) is 11.3 Å². The monoisotopic (exact) mass is 436 g/mol. The number of aromatic amines is 1. The van der Waals surface area contributed by atoms with Crippen LogP contribution in [-0.2, 0) is 22.6 Å². The lowest BCUT2D eigenvalue weighted by atomic mass is 10.1. The van der Waals surface area contributed by atoms with Gasteiger partial charge in [0, 0.05) is 34.5 Å². The van der Waals surface area contributed by atoms with E-state index in [1.54, 1.807) is 14.2 Å². The van der Waals surface area contributed by atoms with Crippen LogP contribution in [0.2, 0.25) is 0 Å². The van der Waals surface area contributed by atoms with Gasteiger partial charge in [0.2, 0.25) is 0 Å². The highest BCUT2D eigenvalue weighted by Crippen LogP contribution is 2.33. The first-order valence-electron chi connectivity index (χ1n) is 10.1. The molecule has 4 rings (SSSR count). The van der Waals surface area contributed by atoms with Crippen LogP contribution in [0.25, 0.3) is 21.5 Å². The number of benzene rings is 2. The smallest absolute Gasteiger partial charge is 0.306 e. The Morgan fingerprint density at radius 1 is 1.10 bits per heavy atom. The molecule has 0 bridgehead atoms. The van der Waals surface area contributed by atoms with Crippen LogP contribution in [0.5, 0.6) is 11.5 Å². The summed E-state index contributed by atoms with van der Waals surface area (Å²) in [7, 11) is 3.21. The van der Waals surface area contributed by atoms with E-state index in [1.807, 2.05) is 41.9 Å². The van der Waals surface area contributed by atoms with E-state index in [2.05, 4.69) is 22.1 Å². The number of ether oxygens (including phenoxy) is 3. The van der Waals surface area contributed by atoms with Gasteiger partial charge in [0.1, 0.15) is 11.6 Å². The van der Waals surface area contributed by atoms with Crippen LogP contribution >= 0.6 is 11.3 Å². The fraction of sp³-hybridized carbons (Fsp3) is 0.250. The van der Waals surface area contributed by atoms with Gasteiger partial charge in [-0.2, -0.15) is 0 Å². The average molecular weight is 437 g/mol. The number of nitrogens with zero attached hydrogens (tertiary/aromatic N) is 1. The summed E-state index contributed by atoms with van der Waals surface area (Å²) < 4.78 is 16.0. The van der Waals surface area contributed by atoms with Gasteiger partial charge in [-0.3, -0.25) is 4.79 Å². The van der Waals surface area contributed by atoms with Crippen LogP contribution in [0.4, 0.5) is 0 Å². The van der Waals surface area contributed by atoms with Gasteiger partial charge in [0.15, 0.2) is 11.5 Å². The van der Waals surface area contributed by atoms with Crippen LogP contribution in [0.1, 0.15) is 24.1 Å². The maximum atomic E-state index is 12.2. The molecular formula is C24H24N2O4S. The Morgan fingerprint density at radius 2 is 1.94 bits per heavy atom. The number of esters is 1. The molecular weight excluding hydrogens is 412 g/mol. The van der Waals surface area contributed by atoms with E-state index in [0.717, 1.165) is 34.6 Å². The predicted octanol–water partition coefficient (Wildman–Crippen LogP) is 5.37. The van der Waals surface area contributed by atoms with Crippen molar-refractivity contribution in [1.82, 2.24) is 9.97 Å². The number of para-hydroxylation sites is 1. The van der Waals surface area contributed by atoms with Crippen LogP contribution in [0, 0.1) is 0 Å². The Balaban J connectivity index is 1.28. The van der Waals surface area contributed by atoms with Gasteiger partial charge in [0.05, 0.1) is 19.9 Å². The number of thiazole rings is 1. The van der Waals surface area contributed by atoms with E-state index >= 15 is 0 Å². The minimum Gasteiger partial charge on any atom is -0.493 e. The molecule has 0 fully saturated rings. The summed E-state index contributed by atoms with van der Waals surface area (Å²) >= 11 is 1.50. The maximum Gasteiger partial charge on any atom is 0.306 e. The SMILES string of the molecule is COc1ccc(-c2nc(COC(=O)CCCc3c[nH]c4ccccc34)cs2)cc1OC. The number of carbonyl (C=O) groups excluding carboxylic acids is 1. The zero-order valence-corrected chi connectivity index (χ0v) is 18.3. The van der Waals surface area contributed by atoms with Gasteiger partial charge in [-0.1, -0.05) is 18.2 Å². The third-order valence-corrected chi connectivity index (χ3v) is 6.01. The van der Waals surface area contributed by atoms with Crippen molar-refractivity contribution in [1.29, 1.82) is 0 Å². The molecule has 160 valence electrons. The number of nitrogens with one attached hydrogen (secondary N) is 1. The van der Waals surface area contributed by atoms with Crippen molar-refractivity contribution in [2.24, 2.45) is 0 Å². The van der Waals surface area contributed by atoms with Crippen molar-refractivity contribution in [3.05, 3.63) is 65.3 Å². The molecule has 0 aliphatic carbocycles. The fourth-order valence-electron chi connectivity index (χ4n) is 3.46. The van der Waals surface area contributed by atoms with Gasteiger partial charge in [-0.25, -0.2) is 4.98 Å². The molecule has 0 atom stereocenters. The Morgan fingerprint density at radius 3 is 2.77 bits per heavy atom. The Hall–Kier alpha value is -3.32. The topological polar surface area (TPSA) is 73.4 Å². The first-order chi connectivity index (χ1) is 15.2. The number of methoxy groups -OCH3 is 2. The van der Waals surface area contributed by atoms with E-state index in [4.69, 9.17) is 14.2 Å². The summed E-state index contributed by atoms with van der Waals surface area (Å²) in [4.78, 5) is 20.0. The number of hydrogen-bond donors (Lipinski definition) is 1. The van der Waals surface area contributed by atoms with Crippen LogP contribution in [0.3, 0.4) is 0 Å². The molecule has 7 heteroatoms. The van der Waals surface area contributed by atoms with Crippen molar-refractivity contribution in [2.45, 2.75) is 25.9 Å². The lowest BCUT2D eigenvalue weighted by Gasteiger charge is -2.08. The van der Waals surface area contributed by atoms with E-state index in [-0.39, 0.29) is 12.6 Å². The number of fused-ring (bicyclic) bond motifs is 1. The average Bonchev–Trinajstić information content (AvgIpc) is 3.45. The highest BCUT2D eigenvalue weighted by molar-refractivity contribution is 7.13. The zero-order valence-electron chi connectivity index (χ0n) is 17.5. The zero-order chi connectivity index (χ0) is 21.6. The standard InChI is InChI=1S/C24H24N2O4S/c1-28-21-11-10-16(12-22(21)29-2)24-26-18(15-31-24)14-30-23(27)9-5-6-17-13-25-20-8-4-3-7-19(17)20/h3-4,7-8,10-13,15,25H,5-6,9,14H2,1-2H3. The van der Waals surface area contributed by atoms with Crippen molar-refractivity contribution < 1.29 is 19.0 Å². The van der Waals surface area contributed by atoms with E-state index in [1.165, 1.54) is 22.3 Å². The molecule has 0 aliphatic rings. The molecule has 0 aliphatic heterocycles. The summed E-state index contributed by atoms with van der Waals surface area (Å²) in [5.41, 5.74) is 4.01. The van der Waals surface area contributed by atoms with Gasteiger partial charge in [0.25, 0.3) is 0 Å². The van der Waals surface area contributed by atoms with Crippen molar-refractivity contribution in [3.63, 3.8) is 0 Å². The second kappa shape index (κ2) is 9.66. The van der Waals surface area contributed by atoms with E-state index in [0.29, 0.717) is 17.9 Å². The number of aryl methyl sites for hydroxylation is 1. The molecule has 1 N–H and O–H groups in total. The van der Waals surface area contributed by atoms with Gasteiger partial charge < -0.3 is 19.2 Å². The normalized spacial score (nSPS) is 10.9. The number of H-pyrrole nitrogens is 1. The molecule has 0 radical (unpaired) electrons. The number of hydrogen-bond acceptors (Lipinski definition) is 6. The molecule has 0 unspecified atom stereocenters. The summed E-state index contributed by atoms with van der Waals surface area (Å²) in [5, 5.41) is 3.96. The van der Waals surface area contributed by atoms with E-state index in [9.17, 15) is 4.79 Å². The van der Waals surface area contributed by atoms with Gasteiger partial charge in [-0.05, 0) is 42.7 Å².